The molecule has 2 amide bonds. The highest BCUT2D eigenvalue weighted by molar-refractivity contribution is 6.06. The van der Waals surface area contributed by atoms with Gasteiger partial charge < -0.3 is 11.1 Å². The molecule has 0 radical (unpaired) electrons. The fraction of sp³-hybridized carbons (Fsp3) is 0.125. The Labute approximate surface area is 121 Å². The van der Waals surface area contributed by atoms with Gasteiger partial charge in [-0.3, -0.25) is 9.59 Å². The maximum atomic E-state index is 13.0. The van der Waals surface area contributed by atoms with Gasteiger partial charge in [0.1, 0.15) is 5.82 Å². The summed E-state index contributed by atoms with van der Waals surface area (Å²) >= 11 is 0. The van der Waals surface area contributed by atoms with E-state index in [1.54, 1.807) is 32.0 Å². The lowest BCUT2D eigenvalue weighted by Crippen LogP contribution is -2.15. The van der Waals surface area contributed by atoms with Gasteiger partial charge in [-0.05, 0) is 61.4 Å². The Kier molecular flexibility index (Phi) is 4.03. The predicted molar refractivity (Wildman–Crippen MR) is 78.8 cm³/mol. The Bertz CT molecular complexity index is 726. The Hall–Kier alpha value is -2.69. The zero-order chi connectivity index (χ0) is 15.6. The van der Waals surface area contributed by atoms with Gasteiger partial charge in [0, 0.05) is 16.8 Å². The van der Waals surface area contributed by atoms with E-state index in [1.165, 1.54) is 18.2 Å². The molecule has 21 heavy (non-hydrogen) atoms. The summed E-state index contributed by atoms with van der Waals surface area (Å²) in [6.45, 7) is 3.43. The number of hydrogen-bond donors (Lipinski definition) is 2. The molecule has 2 aromatic rings. The van der Waals surface area contributed by atoms with E-state index in [0.717, 1.165) is 5.56 Å². The molecular weight excluding hydrogens is 271 g/mol. The van der Waals surface area contributed by atoms with Crippen molar-refractivity contribution in [2.45, 2.75) is 13.8 Å². The summed E-state index contributed by atoms with van der Waals surface area (Å²) in [6.07, 6.45) is 0. The fourth-order valence-electron chi connectivity index (χ4n) is 2.03. The number of nitrogens with one attached hydrogen (secondary N) is 1. The van der Waals surface area contributed by atoms with Crippen LogP contribution in [0.3, 0.4) is 0 Å². The number of rotatable bonds is 3. The number of carbonyl (C=O) groups excluding carboxylic acids is 2. The molecule has 2 aromatic carbocycles. The highest BCUT2D eigenvalue weighted by atomic mass is 19.1. The molecule has 3 N–H and O–H groups in total. The van der Waals surface area contributed by atoms with Crippen LogP contribution in [0.1, 0.15) is 31.8 Å². The van der Waals surface area contributed by atoms with Gasteiger partial charge in [-0.2, -0.15) is 0 Å². The number of hydrogen-bond acceptors (Lipinski definition) is 2. The topological polar surface area (TPSA) is 72.2 Å². The molecule has 2 rings (SSSR count). The lowest BCUT2D eigenvalue weighted by Gasteiger charge is -2.11. The zero-order valence-corrected chi connectivity index (χ0v) is 11.7. The summed E-state index contributed by atoms with van der Waals surface area (Å²) in [4.78, 5) is 23.3. The number of nitrogens with two attached hydrogens (primary N) is 1. The van der Waals surface area contributed by atoms with Gasteiger partial charge in [-0.1, -0.05) is 0 Å². The van der Waals surface area contributed by atoms with Gasteiger partial charge in [0.05, 0.1) is 0 Å². The quantitative estimate of drug-likeness (QED) is 0.910. The molecule has 0 atom stereocenters. The maximum Gasteiger partial charge on any atom is 0.255 e. The first-order valence-corrected chi connectivity index (χ1v) is 6.36. The maximum absolute atomic E-state index is 13.0. The predicted octanol–water partition coefficient (Wildman–Crippen LogP) is 2.79. The molecule has 0 aliphatic carbocycles. The number of primary amides is 1. The molecule has 0 saturated heterocycles. The second-order valence-corrected chi connectivity index (χ2v) is 4.81. The molecule has 4 nitrogen and oxygen atoms in total. The van der Waals surface area contributed by atoms with Crippen molar-refractivity contribution in [3.63, 3.8) is 0 Å². The first kappa shape index (κ1) is 14.7. The molecule has 0 unspecified atom stereocenters. The van der Waals surface area contributed by atoms with Crippen LogP contribution in [0, 0.1) is 19.7 Å². The number of amides is 2. The first-order valence-electron chi connectivity index (χ1n) is 6.36. The number of anilines is 1. The normalized spacial score (nSPS) is 10.2. The van der Waals surface area contributed by atoms with Gasteiger partial charge in [0.2, 0.25) is 5.91 Å². The molecule has 0 fully saturated rings. The summed E-state index contributed by atoms with van der Waals surface area (Å²) in [5, 5.41) is 2.74. The Morgan fingerprint density at radius 2 is 1.76 bits per heavy atom. The lowest BCUT2D eigenvalue weighted by molar-refractivity contribution is 0.0998. The Balaban J connectivity index is 2.25. The van der Waals surface area contributed by atoms with E-state index in [0.29, 0.717) is 22.4 Å². The van der Waals surface area contributed by atoms with Crippen molar-refractivity contribution in [2.24, 2.45) is 5.73 Å². The highest BCUT2D eigenvalue weighted by Gasteiger charge is 2.12. The second-order valence-electron chi connectivity index (χ2n) is 4.81. The molecule has 0 aromatic heterocycles. The van der Waals surface area contributed by atoms with Crippen LogP contribution in [0.5, 0.6) is 0 Å². The molecular formula is C16H15FN2O2. The van der Waals surface area contributed by atoms with E-state index in [9.17, 15) is 14.0 Å². The summed E-state index contributed by atoms with van der Waals surface area (Å²) in [5.41, 5.74) is 7.83. The van der Waals surface area contributed by atoms with Crippen molar-refractivity contribution in [3.8, 4) is 0 Å². The van der Waals surface area contributed by atoms with Gasteiger partial charge in [0.25, 0.3) is 5.91 Å². The van der Waals surface area contributed by atoms with Crippen LogP contribution >= 0.6 is 0 Å². The van der Waals surface area contributed by atoms with E-state index < -0.39 is 5.91 Å². The minimum atomic E-state index is -0.523. The van der Waals surface area contributed by atoms with Gasteiger partial charge in [-0.15, -0.1) is 0 Å². The Morgan fingerprint density at radius 1 is 1.05 bits per heavy atom. The van der Waals surface area contributed by atoms with Crippen LogP contribution in [0.15, 0.2) is 36.4 Å². The van der Waals surface area contributed by atoms with Crippen LogP contribution in [0.2, 0.25) is 0 Å². The summed E-state index contributed by atoms with van der Waals surface area (Å²) in [7, 11) is 0. The molecule has 0 saturated carbocycles. The zero-order valence-electron chi connectivity index (χ0n) is 11.7. The summed E-state index contributed by atoms with van der Waals surface area (Å²) in [6, 6.07) is 8.75. The smallest absolute Gasteiger partial charge is 0.255 e. The molecule has 0 aliphatic rings. The third kappa shape index (κ3) is 3.25. The average molecular weight is 286 g/mol. The molecule has 108 valence electrons. The molecule has 0 bridgehead atoms. The van der Waals surface area contributed by atoms with E-state index in [-0.39, 0.29) is 11.7 Å². The van der Waals surface area contributed by atoms with Crippen molar-refractivity contribution in [1.29, 1.82) is 0 Å². The SMILES string of the molecule is Cc1cc(C(N)=O)ccc1NC(=O)c1ccc(F)cc1C. The van der Waals surface area contributed by atoms with Crippen molar-refractivity contribution in [3.05, 3.63) is 64.5 Å². The Morgan fingerprint density at radius 3 is 2.33 bits per heavy atom. The third-order valence-corrected chi connectivity index (χ3v) is 3.19. The minimum absolute atomic E-state index is 0.331. The monoisotopic (exact) mass is 286 g/mol. The largest absolute Gasteiger partial charge is 0.366 e. The van der Waals surface area contributed by atoms with Crippen molar-refractivity contribution >= 4 is 17.5 Å². The molecule has 0 heterocycles. The van der Waals surface area contributed by atoms with E-state index in [2.05, 4.69) is 5.32 Å². The van der Waals surface area contributed by atoms with E-state index >= 15 is 0 Å². The minimum Gasteiger partial charge on any atom is -0.366 e. The van der Waals surface area contributed by atoms with Gasteiger partial charge in [0.15, 0.2) is 0 Å². The van der Waals surface area contributed by atoms with Crippen LogP contribution in [0.4, 0.5) is 10.1 Å². The van der Waals surface area contributed by atoms with Crippen LogP contribution in [-0.4, -0.2) is 11.8 Å². The van der Waals surface area contributed by atoms with Gasteiger partial charge >= 0.3 is 0 Å². The van der Waals surface area contributed by atoms with E-state index in [4.69, 9.17) is 5.73 Å². The number of halogens is 1. The van der Waals surface area contributed by atoms with Crippen LogP contribution in [0.25, 0.3) is 0 Å². The summed E-state index contributed by atoms with van der Waals surface area (Å²) < 4.78 is 13.0. The third-order valence-electron chi connectivity index (χ3n) is 3.19. The highest BCUT2D eigenvalue weighted by Crippen LogP contribution is 2.18. The van der Waals surface area contributed by atoms with E-state index in [1.807, 2.05) is 0 Å². The lowest BCUT2D eigenvalue weighted by atomic mass is 10.1. The molecule has 5 heteroatoms. The second kappa shape index (κ2) is 5.75. The fourth-order valence-corrected chi connectivity index (χ4v) is 2.03. The standard InChI is InChI=1S/C16H15FN2O2/c1-9-8-12(17)4-5-13(9)16(21)19-14-6-3-11(15(18)20)7-10(14)2/h3-8H,1-2H3,(H2,18,20)(H,19,21). The number of carbonyl (C=O) groups is 2. The average Bonchev–Trinajstić information content (AvgIpc) is 2.40. The molecule has 0 spiro atoms. The van der Waals surface area contributed by atoms with Gasteiger partial charge in [-0.25, -0.2) is 4.39 Å². The molecule has 0 aliphatic heterocycles. The van der Waals surface area contributed by atoms with Crippen molar-refractivity contribution in [2.75, 3.05) is 5.32 Å². The van der Waals surface area contributed by atoms with Crippen molar-refractivity contribution < 1.29 is 14.0 Å². The number of aryl methyl sites for hydroxylation is 2. The first-order chi connectivity index (χ1) is 9.88. The van der Waals surface area contributed by atoms with Crippen LogP contribution < -0.4 is 11.1 Å². The van der Waals surface area contributed by atoms with Crippen molar-refractivity contribution in [1.82, 2.24) is 0 Å². The number of benzene rings is 2. The summed E-state index contributed by atoms with van der Waals surface area (Å²) in [5.74, 6) is -1.24. The van der Waals surface area contributed by atoms with Crippen LogP contribution in [-0.2, 0) is 0 Å².